The molecule has 1 N–H and O–H groups in total. The molecule has 2 aromatic heterocycles. The van der Waals surface area contributed by atoms with Crippen molar-refractivity contribution in [1.29, 1.82) is 0 Å². The van der Waals surface area contributed by atoms with Crippen LogP contribution in [-0.2, 0) is 21.1 Å². The largest absolute Gasteiger partial charge is 0.434 e. The molecule has 0 bridgehead atoms. The van der Waals surface area contributed by atoms with Crippen LogP contribution in [0.3, 0.4) is 0 Å². The maximum atomic E-state index is 13.7. The summed E-state index contributed by atoms with van der Waals surface area (Å²) in [4.78, 5) is 14.6. The third-order valence-electron chi connectivity index (χ3n) is 10.7. The molecule has 0 amide bonds. The van der Waals surface area contributed by atoms with E-state index < -0.39 is 34.9 Å². The molecule has 0 aliphatic carbocycles. The maximum absolute atomic E-state index is 13.7. The SMILES string of the molecule is CC(C)(O[Si](C)(C)C(C)(C)C)c1ncc(-c2ccc3nc4n(c3c2)[C@@H](c2c(CO)cccc2OC(F)F)C[C@@H]4O[Si](C)(C)C(C)(C)C)cn1. The van der Waals surface area contributed by atoms with E-state index in [1.807, 2.05) is 44.4 Å². The topological polar surface area (TPSA) is 91.5 Å². The smallest absolute Gasteiger partial charge is 0.387 e. The third kappa shape index (κ3) is 7.25. The summed E-state index contributed by atoms with van der Waals surface area (Å²) in [7, 11) is -4.35. The molecule has 49 heavy (non-hydrogen) atoms. The lowest BCUT2D eigenvalue weighted by molar-refractivity contribution is -0.0508. The average Bonchev–Trinajstić information content (AvgIpc) is 3.52. The molecule has 5 rings (SSSR count). The molecule has 0 saturated heterocycles. The van der Waals surface area contributed by atoms with E-state index in [0.717, 1.165) is 28.0 Å². The van der Waals surface area contributed by atoms with Gasteiger partial charge in [-0.05, 0) is 79.4 Å². The fraction of sp³-hybridized carbons (Fsp3) is 0.541. The molecular formula is C37H52F2N4O4Si2. The molecule has 0 fully saturated rings. The highest BCUT2D eigenvalue weighted by atomic mass is 28.4. The number of nitrogens with zero attached hydrogens (tertiary/aromatic N) is 4. The molecule has 3 heterocycles. The monoisotopic (exact) mass is 710 g/mol. The minimum absolute atomic E-state index is 0.0370. The summed E-state index contributed by atoms with van der Waals surface area (Å²) >= 11 is 0. The van der Waals surface area contributed by atoms with Gasteiger partial charge in [-0.15, -0.1) is 0 Å². The van der Waals surface area contributed by atoms with Gasteiger partial charge >= 0.3 is 6.61 Å². The van der Waals surface area contributed by atoms with Crippen molar-refractivity contribution >= 4 is 27.7 Å². The summed E-state index contributed by atoms with van der Waals surface area (Å²) in [5.41, 5.74) is 3.65. The fourth-order valence-electron chi connectivity index (χ4n) is 6.07. The highest BCUT2D eigenvalue weighted by molar-refractivity contribution is 6.74. The Bertz CT molecular complexity index is 1810. The number of hydrogen-bond acceptors (Lipinski definition) is 7. The van der Waals surface area contributed by atoms with Crippen LogP contribution in [0.4, 0.5) is 8.78 Å². The Kier molecular flexibility index (Phi) is 9.83. The zero-order valence-corrected chi connectivity index (χ0v) is 33.0. The Labute approximate surface area is 291 Å². The van der Waals surface area contributed by atoms with Crippen molar-refractivity contribution in [3.63, 3.8) is 0 Å². The van der Waals surface area contributed by atoms with Gasteiger partial charge in [-0.1, -0.05) is 59.7 Å². The lowest BCUT2D eigenvalue weighted by Crippen LogP contribution is -2.46. The van der Waals surface area contributed by atoms with Crippen LogP contribution in [0.1, 0.15) is 96.7 Å². The Morgan fingerprint density at radius 2 is 1.53 bits per heavy atom. The van der Waals surface area contributed by atoms with Gasteiger partial charge in [-0.2, -0.15) is 8.78 Å². The molecule has 0 unspecified atom stereocenters. The highest BCUT2D eigenvalue weighted by Crippen LogP contribution is 2.50. The second-order valence-corrected chi connectivity index (χ2v) is 26.2. The predicted octanol–water partition coefficient (Wildman–Crippen LogP) is 9.90. The Morgan fingerprint density at radius 3 is 2.10 bits per heavy atom. The predicted molar refractivity (Wildman–Crippen MR) is 195 cm³/mol. The highest BCUT2D eigenvalue weighted by Gasteiger charge is 2.46. The molecule has 2 atom stereocenters. The molecule has 0 radical (unpaired) electrons. The number of hydrogen-bond donors (Lipinski definition) is 1. The number of rotatable bonds is 10. The Balaban J connectivity index is 1.61. The van der Waals surface area contributed by atoms with Crippen molar-refractivity contribution in [2.75, 3.05) is 0 Å². The van der Waals surface area contributed by atoms with Crippen LogP contribution >= 0.6 is 0 Å². The quantitative estimate of drug-likeness (QED) is 0.164. The second-order valence-electron chi connectivity index (χ2n) is 16.7. The summed E-state index contributed by atoms with van der Waals surface area (Å²) < 4.78 is 48.1. The number of aromatic nitrogens is 4. The van der Waals surface area contributed by atoms with Gasteiger partial charge in [0.05, 0.1) is 23.7 Å². The van der Waals surface area contributed by atoms with Gasteiger partial charge < -0.3 is 23.3 Å². The van der Waals surface area contributed by atoms with Gasteiger partial charge in [0.1, 0.15) is 23.3 Å². The van der Waals surface area contributed by atoms with Gasteiger partial charge in [0.2, 0.25) is 0 Å². The van der Waals surface area contributed by atoms with E-state index in [1.54, 1.807) is 12.1 Å². The van der Waals surface area contributed by atoms with E-state index in [0.29, 0.717) is 23.4 Å². The lowest BCUT2D eigenvalue weighted by Gasteiger charge is -2.42. The van der Waals surface area contributed by atoms with Crippen LogP contribution in [0.2, 0.25) is 36.3 Å². The molecule has 1 aliphatic heterocycles. The summed E-state index contributed by atoms with van der Waals surface area (Å²) in [5.74, 6) is 1.38. The Morgan fingerprint density at radius 1 is 0.898 bits per heavy atom. The van der Waals surface area contributed by atoms with Gasteiger partial charge in [-0.25, -0.2) is 15.0 Å². The van der Waals surface area contributed by atoms with Crippen LogP contribution in [0, 0.1) is 0 Å². The molecule has 0 saturated carbocycles. The Hall–Kier alpha value is -3.04. The summed E-state index contributed by atoms with van der Waals surface area (Å²) in [6, 6.07) is 10.4. The standard InChI is InChI=1S/C37H52F2N4O4Si2/c1-35(2,3)48(9,10)46-30-19-28(31-24(22-44)14-13-15-29(31)45-34(38)39)43-27-18-23(16-17-26(27)42-32(30)43)25-20-40-33(41-21-25)37(7,8)47-49(11,12)36(4,5)6/h13-18,20-21,28,30,34,44H,19,22H2,1-12H3/t28-,30+/m1/s1. The molecular weight excluding hydrogens is 659 g/mol. The second kappa shape index (κ2) is 12.9. The number of fused-ring (bicyclic) bond motifs is 3. The van der Waals surface area contributed by atoms with E-state index >= 15 is 0 Å². The van der Waals surface area contributed by atoms with Crippen LogP contribution in [0.5, 0.6) is 5.75 Å². The molecule has 266 valence electrons. The first kappa shape index (κ1) is 37.2. The minimum Gasteiger partial charge on any atom is -0.434 e. The van der Waals surface area contributed by atoms with Gasteiger partial charge in [0.25, 0.3) is 0 Å². The molecule has 4 aromatic rings. The fourth-order valence-corrected chi connectivity index (χ4v) is 9.01. The first-order chi connectivity index (χ1) is 22.6. The molecule has 0 spiro atoms. The average molecular weight is 711 g/mol. The van der Waals surface area contributed by atoms with Crippen molar-refractivity contribution in [1.82, 2.24) is 19.5 Å². The van der Waals surface area contributed by atoms with E-state index in [2.05, 4.69) is 72.3 Å². The van der Waals surface area contributed by atoms with Crippen molar-refractivity contribution in [2.24, 2.45) is 0 Å². The van der Waals surface area contributed by atoms with Crippen molar-refractivity contribution in [3.8, 4) is 16.9 Å². The van der Waals surface area contributed by atoms with E-state index in [-0.39, 0.29) is 28.5 Å². The number of ether oxygens (including phenoxy) is 1. The number of imidazole rings is 1. The van der Waals surface area contributed by atoms with E-state index in [9.17, 15) is 13.9 Å². The first-order valence-electron chi connectivity index (χ1n) is 17.0. The zero-order valence-electron chi connectivity index (χ0n) is 31.0. The maximum Gasteiger partial charge on any atom is 0.387 e. The molecule has 1 aliphatic rings. The van der Waals surface area contributed by atoms with E-state index in [1.165, 1.54) is 6.07 Å². The van der Waals surface area contributed by atoms with Crippen LogP contribution < -0.4 is 4.74 Å². The van der Waals surface area contributed by atoms with Gasteiger partial charge in [-0.3, -0.25) is 0 Å². The van der Waals surface area contributed by atoms with Crippen molar-refractivity contribution < 1.29 is 27.5 Å². The van der Waals surface area contributed by atoms with Gasteiger partial charge in [0.15, 0.2) is 22.5 Å². The number of halogens is 2. The summed E-state index contributed by atoms with van der Waals surface area (Å²) in [6.07, 6.45) is 3.72. The summed E-state index contributed by atoms with van der Waals surface area (Å²) in [5, 5.41) is 10.4. The number of benzene rings is 2. The minimum atomic E-state index is -3.01. The number of aliphatic hydroxyl groups excluding tert-OH is 1. The number of aliphatic hydroxyl groups is 1. The zero-order chi connectivity index (χ0) is 36.3. The number of alkyl halides is 2. The van der Waals surface area contributed by atoms with Crippen molar-refractivity contribution in [2.45, 2.75) is 129 Å². The van der Waals surface area contributed by atoms with E-state index in [4.69, 9.17) is 28.5 Å². The third-order valence-corrected chi connectivity index (χ3v) is 19.8. The lowest BCUT2D eigenvalue weighted by atomic mass is 9.96. The molecule has 8 nitrogen and oxygen atoms in total. The van der Waals surface area contributed by atoms with Crippen LogP contribution in [-0.4, -0.2) is 47.9 Å². The first-order valence-corrected chi connectivity index (χ1v) is 22.8. The van der Waals surface area contributed by atoms with Crippen LogP contribution in [0.15, 0.2) is 48.8 Å². The van der Waals surface area contributed by atoms with Gasteiger partial charge in [0, 0.05) is 29.9 Å². The summed E-state index contributed by atoms with van der Waals surface area (Å²) in [6.45, 7) is 22.7. The molecule has 12 heteroatoms. The van der Waals surface area contributed by atoms with Crippen molar-refractivity contribution in [3.05, 3.63) is 71.6 Å². The molecule has 2 aromatic carbocycles. The van der Waals surface area contributed by atoms with Crippen LogP contribution in [0.25, 0.3) is 22.2 Å². The normalized spacial score (nSPS) is 17.6.